The van der Waals surface area contributed by atoms with E-state index >= 15 is 0 Å². The Hall–Kier alpha value is -1.50. The van der Waals surface area contributed by atoms with Crippen molar-refractivity contribution in [1.29, 1.82) is 0 Å². The summed E-state index contributed by atoms with van der Waals surface area (Å²) < 4.78 is 23.9. The van der Waals surface area contributed by atoms with Gasteiger partial charge in [-0.3, -0.25) is 0 Å². The van der Waals surface area contributed by atoms with Crippen LogP contribution in [0.25, 0.3) is 0 Å². The molecule has 2 aromatic rings. The zero-order valence-corrected chi connectivity index (χ0v) is 12.0. The summed E-state index contributed by atoms with van der Waals surface area (Å²) in [4.78, 5) is 4.34. The van der Waals surface area contributed by atoms with Crippen LogP contribution < -0.4 is 5.73 Å². The molecular weight excluding hydrogens is 297 g/mol. The molecule has 0 saturated carbocycles. The van der Waals surface area contributed by atoms with Crippen LogP contribution in [0.15, 0.2) is 22.7 Å². The maximum absolute atomic E-state index is 13.0. The molecule has 0 bridgehead atoms. The van der Waals surface area contributed by atoms with Crippen molar-refractivity contribution in [3.05, 3.63) is 46.3 Å². The van der Waals surface area contributed by atoms with Crippen LogP contribution in [0.5, 0.6) is 0 Å². The molecule has 1 aliphatic heterocycles. The van der Waals surface area contributed by atoms with Crippen molar-refractivity contribution in [2.75, 3.05) is 13.2 Å². The first-order valence-corrected chi connectivity index (χ1v) is 7.13. The minimum Gasteiger partial charge on any atom is -0.368 e. The molecule has 1 aromatic heterocycles. The minimum absolute atomic E-state index is 0.202. The lowest BCUT2D eigenvalue weighted by Gasteiger charge is -2.11. The van der Waals surface area contributed by atoms with Crippen molar-refractivity contribution >= 4 is 11.6 Å². The third-order valence-electron chi connectivity index (χ3n) is 3.61. The van der Waals surface area contributed by atoms with Gasteiger partial charge in [0.15, 0.2) is 5.82 Å². The molecule has 112 valence electrons. The molecule has 3 rings (SSSR count). The number of nitrogens with zero attached hydrogens (tertiary/aromatic N) is 2. The normalized spacial score (nSPS) is 21.9. The largest absolute Gasteiger partial charge is 0.368 e. The summed E-state index contributed by atoms with van der Waals surface area (Å²) in [7, 11) is 0. The number of rotatable bonds is 4. The number of hydrogen-bond acceptors (Lipinski definition) is 5. The van der Waals surface area contributed by atoms with E-state index in [0.717, 1.165) is 12.0 Å². The van der Waals surface area contributed by atoms with Gasteiger partial charge in [-0.25, -0.2) is 4.39 Å². The first-order chi connectivity index (χ1) is 10.2. The fraction of sp³-hybridized carbons (Fsp3) is 0.429. The summed E-state index contributed by atoms with van der Waals surface area (Å²) in [5, 5.41) is 4.27. The number of hydrogen-bond donors (Lipinski definition) is 1. The van der Waals surface area contributed by atoms with Gasteiger partial charge in [0, 0.05) is 24.0 Å². The van der Waals surface area contributed by atoms with Gasteiger partial charge in [-0.15, -0.1) is 0 Å². The Morgan fingerprint density at radius 1 is 1.43 bits per heavy atom. The fourth-order valence-corrected chi connectivity index (χ4v) is 2.67. The minimum atomic E-state index is -0.373. The van der Waals surface area contributed by atoms with Gasteiger partial charge < -0.3 is 15.0 Å². The Morgan fingerprint density at radius 2 is 2.29 bits per heavy atom. The van der Waals surface area contributed by atoms with Crippen LogP contribution in [0, 0.1) is 11.7 Å². The smallest absolute Gasteiger partial charge is 0.256 e. The van der Waals surface area contributed by atoms with Crippen molar-refractivity contribution in [2.24, 2.45) is 11.7 Å². The van der Waals surface area contributed by atoms with Crippen LogP contribution in [0.1, 0.15) is 29.8 Å². The summed E-state index contributed by atoms with van der Waals surface area (Å²) in [6.07, 6.45) is 1.03. The zero-order valence-electron chi connectivity index (χ0n) is 11.3. The van der Waals surface area contributed by atoms with E-state index in [9.17, 15) is 4.39 Å². The molecule has 2 atom stereocenters. The van der Waals surface area contributed by atoms with Gasteiger partial charge in [-0.05, 0) is 30.7 Å². The third kappa shape index (κ3) is 3.07. The summed E-state index contributed by atoms with van der Waals surface area (Å²) in [5.41, 5.74) is 6.45. The maximum atomic E-state index is 13.0. The highest BCUT2D eigenvalue weighted by molar-refractivity contribution is 6.31. The van der Waals surface area contributed by atoms with Crippen molar-refractivity contribution < 1.29 is 13.7 Å². The Labute approximate surface area is 126 Å². The molecule has 1 saturated heterocycles. The number of ether oxygens (including phenoxy) is 1. The Morgan fingerprint density at radius 3 is 3.05 bits per heavy atom. The van der Waals surface area contributed by atoms with Gasteiger partial charge in [0.2, 0.25) is 0 Å². The van der Waals surface area contributed by atoms with E-state index in [4.69, 9.17) is 26.6 Å². The number of aromatic nitrogens is 2. The molecule has 2 N–H and O–H groups in total. The highest BCUT2D eigenvalue weighted by Crippen LogP contribution is 2.33. The zero-order chi connectivity index (χ0) is 14.8. The molecule has 7 heteroatoms. The monoisotopic (exact) mass is 311 g/mol. The van der Waals surface area contributed by atoms with E-state index in [0.29, 0.717) is 36.3 Å². The van der Waals surface area contributed by atoms with E-state index in [1.54, 1.807) is 6.07 Å². The van der Waals surface area contributed by atoms with Crippen LogP contribution in [0.4, 0.5) is 4.39 Å². The number of benzene rings is 1. The number of nitrogens with two attached hydrogens (primary N) is 1. The van der Waals surface area contributed by atoms with E-state index < -0.39 is 0 Å². The Bertz CT molecular complexity index is 634. The number of halogens is 2. The summed E-state index contributed by atoms with van der Waals surface area (Å²) in [6.45, 7) is 1.17. The molecule has 2 heterocycles. The van der Waals surface area contributed by atoms with Crippen molar-refractivity contribution in [3.63, 3.8) is 0 Å². The van der Waals surface area contributed by atoms with Gasteiger partial charge in [0.1, 0.15) is 11.9 Å². The molecule has 0 aliphatic carbocycles. The maximum Gasteiger partial charge on any atom is 0.256 e. The molecule has 21 heavy (non-hydrogen) atoms. The molecule has 0 spiro atoms. The highest BCUT2D eigenvalue weighted by Gasteiger charge is 2.33. The summed E-state index contributed by atoms with van der Waals surface area (Å²) in [6, 6.07) is 4.23. The molecule has 1 aliphatic rings. The lowest BCUT2D eigenvalue weighted by Crippen LogP contribution is -2.18. The third-order valence-corrected chi connectivity index (χ3v) is 3.96. The van der Waals surface area contributed by atoms with Crippen molar-refractivity contribution in [2.45, 2.75) is 18.9 Å². The van der Waals surface area contributed by atoms with Crippen LogP contribution in [0.2, 0.25) is 5.02 Å². The SMILES string of the molecule is NC[C@@H]1CCO[C@@H]1c1nc(Cc2ccc(F)cc2Cl)no1. The van der Waals surface area contributed by atoms with E-state index in [1.807, 2.05) is 0 Å². The standard InChI is InChI=1S/C14H15ClFN3O2/c15-11-6-10(16)2-1-8(11)5-12-18-14(21-19-12)13-9(7-17)3-4-20-13/h1-2,6,9,13H,3-5,7,17H2/t9-,13-/m0/s1. The van der Waals surface area contributed by atoms with Gasteiger partial charge in [-0.1, -0.05) is 22.8 Å². The molecular formula is C14H15ClFN3O2. The second-order valence-electron chi connectivity index (χ2n) is 5.04. The first kappa shape index (κ1) is 14.4. The lowest BCUT2D eigenvalue weighted by atomic mass is 10.0. The quantitative estimate of drug-likeness (QED) is 0.939. The van der Waals surface area contributed by atoms with Crippen molar-refractivity contribution in [1.82, 2.24) is 10.1 Å². The second kappa shape index (κ2) is 6.09. The average molecular weight is 312 g/mol. The Kier molecular flexibility index (Phi) is 4.19. The predicted octanol–water partition coefficient (Wildman–Crippen LogP) is 2.49. The molecule has 0 radical (unpaired) electrons. The van der Waals surface area contributed by atoms with Crippen LogP contribution in [-0.4, -0.2) is 23.3 Å². The lowest BCUT2D eigenvalue weighted by molar-refractivity contribution is 0.0642. The van der Waals surface area contributed by atoms with Gasteiger partial charge in [-0.2, -0.15) is 4.98 Å². The first-order valence-electron chi connectivity index (χ1n) is 6.75. The molecule has 1 aromatic carbocycles. The van der Waals surface area contributed by atoms with E-state index in [2.05, 4.69) is 10.1 Å². The second-order valence-corrected chi connectivity index (χ2v) is 5.44. The van der Waals surface area contributed by atoms with Gasteiger partial charge in [0.25, 0.3) is 5.89 Å². The summed E-state index contributed by atoms with van der Waals surface area (Å²) in [5.74, 6) is 0.761. The van der Waals surface area contributed by atoms with Gasteiger partial charge in [0.05, 0.1) is 0 Å². The van der Waals surface area contributed by atoms with Crippen molar-refractivity contribution in [3.8, 4) is 0 Å². The molecule has 0 unspecified atom stereocenters. The summed E-state index contributed by atoms with van der Waals surface area (Å²) >= 11 is 5.99. The fourth-order valence-electron chi connectivity index (χ4n) is 2.44. The molecule has 0 amide bonds. The highest BCUT2D eigenvalue weighted by atomic mass is 35.5. The topological polar surface area (TPSA) is 74.2 Å². The average Bonchev–Trinajstić information content (AvgIpc) is 3.10. The predicted molar refractivity (Wildman–Crippen MR) is 74.4 cm³/mol. The van der Waals surface area contributed by atoms with Gasteiger partial charge >= 0.3 is 0 Å². The van der Waals surface area contributed by atoms with Crippen LogP contribution in [0.3, 0.4) is 0 Å². The molecule has 5 nitrogen and oxygen atoms in total. The van der Waals surface area contributed by atoms with Crippen LogP contribution in [-0.2, 0) is 11.2 Å². The molecule has 1 fully saturated rings. The van der Waals surface area contributed by atoms with Crippen LogP contribution >= 0.6 is 11.6 Å². The van der Waals surface area contributed by atoms with E-state index in [1.165, 1.54) is 12.1 Å². The van der Waals surface area contributed by atoms with E-state index in [-0.39, 0.29) is 17.8 Å². The Balaban J connectivity index is 1.76.